The molecule has 0 bridgehead atoms. The van der Waals surface area contributed by atoms with Gasteiger partial charge < -0.3 is 20.1 Å². The van der Waals surface area contributed by atoms with Crippen LogP contribution in [0.4, 0.5) is 90.4 Å². The number of hydrogen-bond acceptors (Lipinski definition) is 8. The summed E-state index contributed by atoms with van der Waals surface area (Å²) >= 11 is 0. The van der Waals surface area contributed by atoms with Gasteiger partial charge in [0.25, 0.3) is 0 Å². The molecule has 2 N–H and O–H groups in total. The van der Waals surface area contributed by atoms with Crippen LogP contribution in [0.2, 0.25) is 0 Å². The van der Waals surface area contributed by atoms with E-state index in [1.165, 1.54) is 36.4 Å². The first-order valence-electron chi connectivity index (χ1n) is 22.7. The van der Waals surface area contributed by atoms with E-state index in [1.807, 2.05) is 0 Å². The molecule has 7 aromatic rings. The largest absolute Gasteiger partial charge is 0.436 e. The number of fused-ring (bicyclic) bond motifs is 2. The van der Waals surface area contributed by atoms with Crippen LogP contribution < -0.4 is 20.1 Å². The second-order valence-electron chi connectivity index (χ2n) is 17.7. The molecule has 0 saturated heterocycles. The van der Waals surface area contributed by atoms with Crippen molar-refractivity contribution in [1.82, 2.24) is 0 Å². The number of allylic oxidation sites excluding steroid dienone is 2. The molecule has 2 aliphatic heterocycles. The van der Waals surface area contributed by atoms with Gasteiger partial charge in [-0.15, -0.1) is 0 Å². The summed E-state index contributed by atoms with van der Waals surface area (Å²) in [5.74, 6) is -2.45. The predicted molar refractivity (Wildman–Crippen MR) is 254 cm³/mol. The first kappa shape index (κ1) is 56.6. The molecule has 0 spiro atoms. The van der Waals surface area contributed by atoms with Gasteiger partial charge in [0.15, 0.2) is 22.6 Å². The molecule has 0 unspecified atom stereocenters. The number of nitrogens with one attached hydrogen (secondary N) is 2. The highest BCUT2D eigenvalue weighted by atomic mass is 19.4. The van der Waals surface area contributed by atoms with Gasteiger partial charge in [-0.1, -0.05) is 48.5 Å². The average Bonchev–Trinajstić information content (AvgIpc) is 4.23. The third-order valence-corrected chi connectivity index (χ3v) is 12.6. The van der Waals surface area contributed by atoms with Gasteiger partial charge in [-0.2, -0.15) is 100 Å². The molecular formula is C56H22F18N6O2. The lowest BCUT2D eigenvalue weighted by Crippen LogP contribution is -2.11. The first-order chi connectivity index (χ1) is 38.2. The lowest BCUT2D eigenvalue weighted by atomic mass is 9.86. The van der Waals surface area contributed by atoms with Crippen molar-refractivity contribution in [3.8, 4) is 103 Å². The summed E-state index contributed by atoms with van der Waals surface area (Å²) in [6, 6.07) is 19.5. The minimum atomic E-state index is -5.44. The molecule has 82 heavy (non-hydrogen) atoms. The normalized spacial score (nSPS) is 13.3. The topological polar surface area (TPSA) is 138 Å². The van der Waals surface area contributed by atoms with Crippen molar-refractivity contribution in [2.24, 2.45) is 0 Å². The molecule has 0 aromatic heterocycles. The van der Waals surface area contributed by atoms with Gasteiger partial charge >= 0.3 is 37.1 Å². The van der Waals surface area contributed by atoms with Crippen LogP contribution in [0.15, 0.2) is 144 Å². The summed E-state index contributed by atoms with van der Waals surface area (Å²) < 4.78 is 270. The van der Waals surface area contributed by atoms with E-state index in [2.05, 4.69) is 10.6 Å². The third kappa shape index (κ3) is 10.7. The molecule has 414 valence electrons. The maximum absolute atomic E-state index is 14.9. The molecule has 8 nitrogen and oxygen atoms in total. The zero-order valence-electron chi connectivity index (χ0n) is 40.0. The second kappa shape index (κ2) is 19.9. The van der Waals surface area contributed by atoms with E-state index in [0.29, 0.717) is 24.3 Å². The lowest BCUT2D eigenvalue weighted by Gasteiger charge is -2.21. The Hall–Kier alpha value is -10.1. The van der Waals surface area contributed by atoms with Crippen LogP contribution in [0.3, 0.4) is 0 Å². The molecule has 0 fully saturated rings. The van der Waals surface area contributed by atoms with Crippen LogP contribution >= 0.6 is 0 Å². The summed E-state index contributed by atoms with van der Waals surface area (Å²) in [5, 5.41) is 45.5. The van der Waals surface area contributed by atoms with E-state index in [4.69, 9.17) is 9.47 Å². The fourth-order valence-electron chi connectivity index (χ4n) is 9.00. The highest BCUT2D eigenvalue weighted by Crippen LogP contribution is 2.62. The zero-order valence-corrected chi connectivity index (χ0v) is 40.0. The lowest BCUT2D eigenvalue weighted by molar-refractivity contribution is -0.144. The van der Waals surface area contributed by atoms with Crippen molar-refractivity contribution in [2.45, 2.75) is 37.1 Å². The number of nitrogens with zero attached hydrogens (tertiary/aromatic N) is 4. The molecule has 2 aliphatic rings. The van der Waals surface area contributed by atoms with E-state index in [1.54, 1.807) is 24.3 Å². The summed E-state index contributed by atoms with van der Waals surface area (Å²) in [5.41, 5.74) is -19.7. The van der Waals surface area contributed by atoms with Crippen molar-refractivity contribution in [2.75, 3.05) is 10.6 Å². The summed E-state index contributed by atoms with van der Waals surface area (Å²) in [6.07, 6.45) is -32.4. The standard InChI is InChI=1S/C56H22F18N6O2/c57-51(58,59)33-11-25(27-13-35(53(63,64)65)19-36(14-27)54(66,67)68)9-29(17-33)39-5-1-3-7-41(39)43-45-48(82-49(79-45)31(21-75)22-76)44(46-47(43)81-50(80-46)32(23-77)24-78)42-8-4-2-6-40(42)30-10-26(12-34(18-30)52(60,61)62)28-15-37(55(69,70)71)20-38(16-28)56(72,73)74/h1-20,79-80H. The maximum atomic E-state index is 14.9. The summed E-state index contributed by atoms with van der Waals surface area (Å²) in [7, 11) is 0. The monoisotopic (exact) mass is 1150 g/mol. The Morgan fingerprint density at radius 2 is 0.549 bits per heavy atom. The zero-order chi connectivity index (χ0) is 59.8. The van der Waals surface area contributed by atoms with Gasteiger partial charge in [0.05, 0.1) is 55.9 Å². The Kier molecular flexibility index (Phi) is 13.8. The molecule has 0 radical (unpaired) electrons. The highest BCUT2D eigenvalue weighted by Gasteiger charge is 2.43. The molecule has 7 aromatic carbocycles. The van der Waals surface area contributed by atoms with Crippen LogP contribution in [0.1, 0.15) is 33.4 Å². The number of rotatable bonds is 6. The second-order valence-corrected chi connectivity index (χ2v) is 17.7. The van der Waals surface area contributed by atoms with Crippen LogP contribution in [-0.4, -0.2) is 0 Å². The van der Waals surface area contributed by atoms with Gasteiger partial charge in [0.2, 0.25) is 11.8 Å². The van der Waals surface area contributed by atoms with Crippen molar-refractivity contribution in [3.63, 3.8) is 0 Å². The Balaban J connectivity index is 1.37. The van der Waals surface area contributed by atoms with E-state index in [9.17, 15) is 100 Å². The Morgan fingerprint density at radius 3 is 0.805 bits per heavy atom. The van der Waals surface area contributed by atoms with Crippen molar-refractivity contribution >= 4 is 11.4 Å². The molecule has 26 heteroatoms. The van der Waals surface area contributed by atoms with E-state index in [0.717, 1.165) is 24.3 Å². The summed E-state index contributed by atoms with van der Waals surface area (Å²) in [6.45, 7) is 0. The fraction of sp³-hybridized carbons (Fsp3) is 0.107. The maximum Gasteiger partial charge on any atom is 0.416 e. The van der Waals surface area contributed by atoms with Crippen LogP contribution in [-0.2, 0) is 37.1 Å². The number of halogens is 18. The van der Waals surface area contributed by atoms with Gasteiger partial charge in [-0.25, -0.2) is 0 Å². The van der Waals surface area contributed by atoms with Crippen molar-refractivity contribution in [3.05, 3.63) is 178 Å². The molecule has 0 saturated carbocycles. The van der Waals surface area contributed by atoms with Gasteiger partial charge in [0.1, 0.15) is 24.3 Å². The SMILES string of the molecule is N#CC(C#N)=C1Nc2c(c(-c3ccccc3-c3cc(-c4cc(C(F)(F)F)cc(C(F)(F)F)c4)cc(C(F)(F)F)c3)c3c(c2-c2ccccc2-c2cc(-c4cc(C(F)(F)F)cc(C(F)(F)F)c4)cc(C(F)(F)F)c2)OC(=C(C#N)C#N)N3)O1. The quantitative estimate of drug-likeness (QED) is 0.124. The molecule has 9 rings (SSSR count). The van der Waals surface area contributed by atoms with Gasteiger partial charge in [-0.3, -0.25) is 0 Å². The first-order valence-corrected chi connectivity index (χ1v) is 22.7. The molecule has 0 aliphatic carbocycles. The molecule has 2 heterocycles. The third-order valence-electron chi connectivity index (χ3n) is 12.6. The smallest absolute Gasteiger partial charge is 0.416 e. The number of alkyl halides is 18. The fourth-order valence-corrected chi connectivity index (χ4v) is 9.00. The van der Waals surface area contributed by atoms with Gasteiger partial charge in [-0.05, 0) is 128 Å². The van der Waals surface area contributed by atoms with Crippen molar-refractivity contribution in [1.29, 1.82) is 21.0 Å². The molecule has 0 amide bonds. The van der Waals surface area contributed by atoms with Crippen LogP contribution in [0.25, 0.3) is 66.8 Å². The Labute approximate surface area is 447 Å². The Bertz CT molecular complexity index is 3680. The highest BCUT2D eigenvalue weighted by molar-refractivity contribution is 6.09. The number of ether oxygens (including phenoxy) is 2. The number of hydrogen-bond donors (Lipinski definition) is 2. The number of nitriles is 4. The number of benzene rings is 7. The van der Waals surface area contributed by atoms with Crippen LogP contribution in [0, 0.1) is 45.3 Å². The molecule has 0 atom stereocenters. The van der Waals surface area contributed by atoms with E-state index < -0.39 is 150 Å². The number of anilines is 2. The predicted octanol–water partition coefficient (Wildman–Crippen LogP) is 17.9. The van der Waals surface area contributed by atoms with Crippen LogP contribution in [0.5, 0.6) is 11.5 Å². The minimum absolute atomic E-state index is 0.193. The van der Waals surface area contributed by atoms with E-state index >= 15 is 0 Å². The average molecular weight is 1150 g/mol. The van der Waals surface area contributed by atoms with E-state index in [-0.39, 0.29) is 69.8 Å². The molecular weight excluding hydrogens is 1130 g/mol. The minimum Gasteiger partial charge on any atom is -0.436 e. The Morgan fingerprint density at radius 1 is 0.317 bits per heavy atom. The summed E-state index contributed by atoms with van der Waals surface area (Å²) in [4.78, 5) is 0. The van der Waals surface area contributed by atoms with Crippen molar-refractivity contribution < 1.29 is 88.5 Å². The van der Waals surface area contributed by atoms with Gasteiger partial charge in [0, 0.05) is 0 Å².